The Balaban J connectivity index is 1.87. The van der Waals surface area contributed by atoms with Gasteiger partial charge in [-0.3, -0.25) is 4.79 Å². The molecule has 1 aliphatic rings. The molecule has 108 valence electrons. The van der Waals surface area contributed by atoms with Gasteiger partial charge in [-0.05, 0) is 41.8 Å². The number of hydrogen-bond acceptors (Lipinski definition) is 2. The van der Waals surface area contributed by atoms with E-state index in [1.807, 2.05) is 18.2 Å². The average molecular weight is 305 g/mol. The molecule has 1 amide bonds. The molecule has 0 saturated heterocycles. The maximum absolute atomic E-state index is 13.5. The highest BCUT2D eigenvalue weighted by Gasteiger charge is 2.23. The summed E-state index contributed by atoms with van der Waals surface area (Å²) in [6, 6.07) is 9.88. The zero-order valence-electron chi connectivity index (χ0n) is 11.3. The lowest BCUT2D eigenvalue weighted by molar-refractivity contribution is 0.0735. The zero-order chi connectivity index (χ0) is 15.0. The summed E-state index contributed by atoms with van der Waals surface area (Å²) in [5.74, 6) is -0.793. The first-order chi connectivity index (χ1) is 10.1. The van der Waals surface area contributed by atoms with Gasteiger partial charge in [-0.15, -0.1) is 0 Å². The van der Waals surface area contributed by atoms with Crippen LogP contribution in [-0.2, 0) is 13.0 Å². The van der Waals surface area contributed by atoms with Gasteiger partial charge in [0.25, 0.3) is 5.91 Å². The smallest absolute Gasteiger partial charge is 0.254 e. The maximum atomic E-state index is 13.5. The van der Waals surface area contributed by atoms with Crippen molar-refractivity contribution in [3.8, 4) is 0 Å². The number of hydrogen-bond donors (Lipinski definition) is 1. The molecule has 21 heavy (non-hydrogen) atoms. The Labute approximate surface area is 127 Å². The topological polar surface area (TPSA) is 46.3 Å². The molecule has 2 N–H and O–H groups in total. The lowest BCUT2D eigenvalue weighted by atomic mass is 9.97. The molecule has 1 aliphatic heterocycles. The second kappa shape index (κ2) is 5.37. The summed E-state index contributed by atoms with van der Waals surface area (Å²) < 4.78 is 13.5. The van der Waals surface area contributed by atoms with E-state index >= 15 is 0 Å². The van der Waals surface area contributed by atoms with Gasteiger partial charge >= 0.3 is 0 Å². The van der Waals surface area contributed by atoms with Gasteiger partial charge in [0, 0.05) is 24.3 Å². The zero-order valence-corrected chi connectivity index (χ0v) is 12.0. The summed E-state index contributed by atoms with van der Waals surface area (Å²) >= 11 is 5.64. The SMILES string of the molecule is Nc1cccc2c1CN(C(=O)c1ccc(Cl)c(F)c1)CC2. The summed E-state index contributed by atoms with van der Waals surface area (Å²) in [6.45, 7) is 1.05. The maximum Gasteiger partial charge on any atom is 0.254 e. The number of benzene rings is 2. The van der Waals surface area contributed by atoms with Crippen LogP contribution in [0.25, 0.3) is 0 Å². The van der Waals surface area contributed by atoms with Gasteiger partial charge in [-0.2, -0.15) is 0 Å². The predicted molar refractivity (Wildman–Crippen MR) is 80.7 cm³/mol. The molecule has 0 aliphatic carbocycles. The standard InChI is InChI=1S/C16H14ClFN2O/c17-13-5-4-11(8-14(13)18)16(21)20-7-6-10-2-1-3-15(19)12(10)9-20/h1-5,8H,6-7,9,19H2. The van der Waals surface area contributed by atoms with Crippen molar-refractivity contribution in [1.82, 2.24) is 4.90 Å². The Hall–Kier alpha value is -2.07. The second-order valence-electron chi connectivity index (χ2n) is 5.09. The first-order valence-electron chi connectivity index (χ1n) is 6.67. The molecule has 3 nitrogen and oxygen atoms in total. The summed E-state index contributed by atoms with van der Waals surface area (Å²) in [5, 5.41) is 0.0137. The highest BCUT2D eigenvalue weighted by molar-refractivity contribution is 6.30. The number of carbonyl (C=O) groups excluding carboxylic acids is 1. The number of amides is 1. The van der Waals surface area contributed by atoms with Crippen LogP contribution in [0.5, 0.6) is 0 Å². The van der Waals surface area contributed by atoms with Gasteiger partial charge in [0.1, 0.15) is 5.82 Å². The van der Waals surface area contributed by atoms with E-state index in [-0.39, 0.29) is 10.9 Å². The Morgan fingerprint density at radius 1 is 1.29 bits per heavy atom. The molecular weight excluding hydrogens is 291 g/mol. The van der Waals surface area contributed by atoms with E-state index in [0.29, 0.717) is 24.3 Å². The minimum Gasteiger partial charge on any atom is -0.398 e. The Morgan fingerprint density at radius 2 is 2.10 bits per heavy atom. The van der Waals surface area contributed by atoms with E-state index in [0.717, 1.165) is 12.0 Å². The molecule has 0 spiro atoms. The number of nitrogens with two attached hydrogens (primary N) is 1. The lowest BCUT2D eigenvalue weighted by Crippen LogP contribution is -2.36. The molecule has 0 bridgehead atoms. The Kier molecular flexibility index (Phi) is 3.55. The van der Waals surface area contributed by atoms with Crippen LogP contribution in [0.15, 0.2) is 36.4 Å². The molecule has 3 rings (SSSR count). The molecule has 0 fully saturated rings. The molecule has 5 heteroatoms. The molecule has 0 radical (unpaired) electrons. The van der Waals surface area contributed by atoms with Crippen molar-refractivity contribution in [1.29, 1.82) is 0 Å². The van der Waals surface area contributed by atoms with E-state index in [9.17, 15) is 9.18 Å². The summed E-state index contributed by atoms with van der Waals surface area (Å²) in [4.78, 5) is 14.1. The molecule has 2 aromatic carbocycles. The third-order valence-corrected chi connectivity index (χ3v) is 4.07. The van der Waals surface area contributed by atoms with Crippen LogP contribution in [0.1, 0.15) is 21.5 Å². The minimum absolute atomic E-state index is 0.0137. The fraction of sp³-hybridized carbons (Fsp3) is 0.188. The van der Waals surface area contributed by atoms with Crippen molar-refractivity contribution in [3.63, 3.8) is 0 Å². The predicted octanol–water partition coefficient (Wildman–Crippen LogP) is 3.26. The Morgan fingerprint density at radius 3 is 2.86 bits per heavy atom. The van der Waals surface area contributed by atoms with E-state index in [4.69, 9.17) is 17.3 Å². The van der Waals surface area contributed by atoms with Crippen molar-refractivity contribution in [2.75, 3.05) is 12.3 Å². The molecule has 0 saturated carbocycles. The van der Waals surface area contributed by atoms with Gasteiger partial charge in [0.2, 0.25) is 0 Å². The third-order valence-electron chi connectivity index (χ3n) is 3.76. The van der Waals surface area contributed by atoms with E-state index in [2.05, 4.69) is 0 Å². The number of nitrogen functional groups attached to an aromatic ring is 1. The van der Waals surface area contributed by atoms with Crippen molar-refractivity contribution < 1.29 is 9.18 Å². The van der Waals surface area contributed by atoms with Crippen LogP contribution in [0, 0.1) is 5.82 Å². The monoisotopic (exact) mass is 304 g/mol. The van der Waals surface area contributed by atoms with Crippen molar-refractivity contribution in [2.45, 2.75) is 13.0 Å². The molecule has 0 atom stereocenters. The second-order valence-corrected chi connectivity index (χ2v) is 5.50. The number of anilines is 1. The van der Waals surface area contributed by atoms with Gasteiger partial charge in [0.05, 0.1) is 5.02 Å². The quantitative estimate of drug-likeness (QED) is 0.822. The number of fused-ring (bicyclic) bond motifs is 1. The average Bonchev–Trinajstić information content (AvgIpc) is 2.49. The highest BCUT2D eigenvalue weighted by atomic mass is 35.5. The molecule has 2 aromatic rings. The van der Waals surface area contributed by atoms with E-state index < -0.39 is 5.82 Å². The van der Waals surface area contributed by atoms with E-state index in [1.54, 1.807) is 4.90 Å². The number of rotatable bonds is 1. The number of halogens is 2. The van der Waals surface area contributed by atoms with Gasteiger partial charge in [-0.25, -0.2) is 4.39 Å². The normalized spacial score (nSPS) is 13.9. The number of carbonyl (C=O) groups is 1. The molecular formula is C16H14ClFN2O. The molecule has 0 unspecified atom stereocenters. The van der Waals surface area contributed by atoms with Crippen LogP contribution in [-0.4, -0.2) is 17.4 Å². The molecule has 1 heterocycles. The van der Waals surface area contributed by atoms with Crippen LogP contribution in [0.4, 0.5) is 10.1 Å². The van der Waals surface area contributed by atoms with Crippen LogP contribution < -0.4 is 5.73 Å². The van der Waals surface area contributed by atoms with Crippen molar-refractivity contribution in [2.24, 2.45) is 0 Å². The fourth-order valence-electron chi connectivity index (χ4n) is 2.59. The first kappa shape index (κ1) is 13.9. The van der Waals surface area contributed by atoms with Crippen molar-refractivity contribution in [3.05, 3.63) is 63.9 Å². The fourth-order valence-corrected chi connectivity index (χ4v) is 2.71. The van der Waals surface area contributed by atoms with Gasteiger partial charge in [0.15, 0.2) is 0 Å². The van der Waals surface area contributed by atoms with Crippen LogP contribution >= 0.6 is 11.6 Å². The largest absolute Gasteiger partial charge is 0.398 e. The lowest BCUT2D eigenvalue weighted by Gasteiger charge is -2.29. The minimum atomic E-state index is -0.584. The molecule has 0 aromatic heterocycles. The summed E-state index contributed by atoms with van der Waals surface area (Å²) in [7, 11) is 0. The highest BCUT2D eigenvalue weighted by Crippen LogP contribution is 2.26. The van der Waals surface area contributed by atoms with Crippen molar-refractivity contribution >= 4 is 23.2 Å². The van der Waals surface area contributed by atoms with Gasteiger partial charge < -0.3 is 10.6 Å². The summed E-state index contributed by atoms with van der Waals surface area (Å²) in [5.41, 5.74) is 9.11. The van der Waals surface area contributed by atoms with Crippen LogP contribution in [0.2, 0.25) is 5.02 Å². The van der Waals surface area contributed by atoms with Crippen LogP contribution in [0.3, 0.4) is 0 Å². The first-order valence-corrected chi connectivity index (χ1v) is 7.04. The number of nitrogens with zero attached hydrogens (tertiary/aromatic N) is 1. The van der Waals surface area contributed by atoms with Gasteiger partial charge in [-0.1, -0.05) is 23.7 Å². The third kappa shape index (κ3) is 2.59. The summed E-state index contributed by atoms with van der Waals surface area (Å²) in [6.07, 6.45) is 0.752. The van der Waals surface area contributed by atoms with E-state index in [1.165, 1.54) is 23.8 Å². The Bertz CT molecular complexity index is 717.